The van der Waals surface area contributed by atoms with Crippen LogP contribution in [0.4, 0.5) is 9.52 Å². The number of benzene rings is 3. The maximum absolute atomic E-state index is 13.1. The second kappa shape index (κ2) is 9.43. The molecular formula is C25H17Cl2FN4S. The monoisotopic (exact) mass is 494 g/mol. The highest BCUT2D eigenvalue weighted by atomic mass is 35.5. The van der Waals surface area contributed by atoms with E-state index >= 15 is 0 Å². The summed E-state index contributed by atoms with van der Waals surface area (Å²) in [5.74, 6) is -0.272. The van der Waals surface area contributed by atoms with Gasteiger partial charge >= 0.3 is 0 Å². The smallest absolute Gasteiger partial charge is 0.230 e. The molecule has 164 valence electrons. The number of rotatable bonds is 6. The third-order valence-electron chi connectivity index (χ3n) is 5.26. The zero-order valence-corrected chi connectivity index (χ0v) is 19.6. The van der Waals surface area contributed by atoms with Gasteiger partial charge in [0.15, 0.2) is 0 Å². The average Bonchev–Trinajstić information content (AvgIpc) is 3.42. The van der Waals surface area contributed by atoms with Crippen molar-refractivity contribution in [3.05, 3.63) is 105 Å². The maximum Gasteiger partial charge on any atom is 0.230 e. The van der Waals surface area contributed by atoms with Crippen LogP contribution >= 0.6 is 34.5 Å². The van der Waals surface area contributed by atoms with Crippen LogP contribution in [-0.4, -0.2) is 9.55 Å². The van der Waals surface area contributed by atoms with Gasteiger partial charge in [-0.1, -0.05) is 47.5 Å². The van der Waals surface area contributed by atoms with E-state index in [9.17, 15) is 4.39 Å². The van der Waals surface area contributed by atoms with E-state index in [1.165, 1.54) is 23.5 Å². The Labute approximate surface area is 204 Å². The lowest BCUT2D eigenvalue weighted by Gasteiger charge is -2.08. The topological polar surface area (TPSA) is 42.5 Å². The fourth-order valence-corrected chi connectivity index (χ4v) is 4.78. The fourth-order valence-electron chi connectivity index (χ4n) is 3.65. The Morgan fingerprint density at radius 1 is 0.970 bits per heavy atom. The van der Waals surface area contributed by atoms with Crippen molar-refractivity contribution < 1.29 is 4.39 Å². The minimum atomic E-state index is -0.272. The molecule has 0 aliphatic heterocycles. The molecule has 0 atom stereocenters. The van der Waals surface area contributed by atoms with Gasteiger partial charge < -0.3 is 4.57 Å². The van der Waals surface area contributed by atoms with Crippen LogP contribution in [0, 0.1) is 5.82 Å². The molecule has 5 aromatic rings. The van der Waals surface area contributed by atoms with Crippen molar-refractivity contribution in [2.24, 2.45) is 10.2 Å². The van der Waals surface area contributed by atoms with Crippen molar-refractivity contribution in [3.8, 4) is 11.3 Å². The Balaban J connectivity index is 1.36. The van der Waals surface area contributed by atoms with Crippen molar-refractivity contribution in [2.45, 2.75) is 13.1 Å². The summed E-state index contributed by atoms with van der Waals surface area (Å²) in [7, 11) is 0. The van der Waals surface area contributed by atoms with Crippen molar-refractivity contribution in [1.82, 2.24) is 9.55 Å². The molecule has 0 spiro atoms. The Kier molecular flexibility index (Phi) is 6.22. The Bertz CT molecular complexity index is 1460. The van der Waals surface area contributed by atoms with Crippen LogP contribution in [0.1, 0.15) is 11.1 Å². The van der Waals surface area contributed by atoms with Crippen LogP contribution in [-0.2, 0) is 13.1 Å². The highest BCUT2D eigenvalue weighted by molar-refractivity contribution is 7.13. The molecule has 0 bridgehead atoms. The summed E-state index contributed by atoms with van der Waals surface area (Å²) in [6.45, 7) is 1.05. The molecular weight excluding hydrogens is 478 g/mol. The first-order valence-electron chi connectivity index (χ1n) is 10.2. The molecule has 8 heteroatoms. The van der Waals surface area contributed by atoms with Gasteiger partial charge in [0.1, 0.15) is 5.82 Å². The number of nitrogens with zero attached hydrogens (tertiary/aromatic N) is 4. The molecule has 0 N–H and O–H groups in total. The lowest BCUT2D eigenvalue weighted by molar-refractivity contribution is 0.628. The van der Waals surface area contributed by atoms with Crippen LogP contribution in [0.15, 0.2) is 88.5 Å². The van der Waals surface area contributed by atoms with Gasteiger partial charge in [0, 0.05) is 50.2 Å². The van der Waals surface area contributed by atoms with E-state index < -0.39 is 0 Å². The van der Waals surface area contributed by atoms with Crippen LogP contribution in [0.5, 0.6) is 0 Å². The van der Waals surface area contributed by atoms with E-state index in [1.54, 1.807) is 18.2 Å². The molecule has 3 aromatic carbocycles. The molecule has 2 heterocycles. The van der Waals surface area contributed by atoms with Crippen LogP contribution in [0.2, 0.25) is 10.0 Å². The molecule has 2 aromatic heterocycles. The number of hydrogen-bond acceptors (Lipinski definition) is 4. The Morgan fingerprint density at radius 2 is 1.79 bits per heavy atom. The summed E-state index contributed by atoms with van der Waals surface area (Å²) in [6.07, 6.45) is 2.08. The number of fused-ring (bicyclic) bond motifs is 1. The first kappa shape index (κ1) is 21.8. The summed E-state index contributed by atoms with van der Waals surface area (Å²) >= 11 is 13.8. The molecule has 0 radical (unpaired) electrons. The normalized spacial score (nSPS) is 11.6. The first-order chi connectivity index (χ1) is 16.1. The number of para-hydroxylation sites is 1. The lowest BCUT2D eigenvalue weighted by Crippen LogP contribution is -1.98. The summed E-state index contributed by atoms with van der Waals surface area (Å²) in [5, 5.41) is 13.5. The molecule has 0 aliphatic rings. The van der Waals surface area contributed by atoms with Crippen molar-refractivity contribution in [1.29, 1.82) is 0 Å². The lowest BCUT2D eigenvalue weighted by atomic mass is 10.2. The van der Waals surface area contributed by atoms with Crippen LogP contribution in [0.25, 0.3) is 22.2 Å². The molecule has 33 heavy (non-hydrogen) atoms. The van der Waals surface area contributed by atoms with E-state index in [-0.39, 0.29) is 5.82 Å². The van der Waals surface area contributed by atoms with E-state index in [2.05, 4.69) is 38.1 Å². The number of thiazole rings is 1. The van der Waals surface area contributed by atoms with Gasteiger partial charge in [-0.2, -0.15) is 5.11 Å². The van der Waals surface area contributed by atoms with Gasteiger partial charge in [0.05, 0.1) is 12.2 Å². The Hall–Kier alpha value is -3.06. The SMILES string of the molecule is Fc1ccc(-c2csc(N=NCc3cn(Cc4ccc(Cl)cc4Cl)c4ccccc34)n2)cc1. The second-order valence-corrected chi connectivity index (χ2v) is 9.14. The standard InChI is InChI=1S/C25H17Cl2FN4S/c26-19-8-5-17(22(27)11-19)13-32-14-18(21-3-1-2-4-24(21)32)12-29-31-25-30-23(15-33-25)16-6-9-20(28)10-7-16/h1-11,14-15H,12-13H2. The Morgan fingerprint density at radius 3 is 2.61 bits per heavy atom. The van der Waals surface area contributed by atoms with Crippen LogP contribution < -0.4 is 0 Å². The van der Waals surface area contributed by atoms with Crippen molar-refractivity contribution in [3.63, 3.8) is 0 Å². The van der Waals surface area contributed by atoms with E-state index in [4.69, 9.17) is 23.2 Å². The zero-order valence-electron chi connectivity index (χ0n) is 17.3. The summed E-state index contributed by atoms with van der Waals surface area (Å²) in [4.78, 5) is 4.49. The maximum atomic E-state index is 13.1. The predicted octanol–water partition coefficient (Wildman–Crippen LogP) is 8.54. The number of aromatic nitrogens is 2. The first-order valence-corrected chi connectivity index (χ1v) is 11.8. The molecule has 0 aliphatic carbocycles. The summed E-state index contributed by atoms with van der Waals surface area (Å²) in [6, 6.07) is 20.0. The highest BCUT2D eigenvalue weighted by Gasteiger charge is 2.10. The van der Waals surface area contributed by atoms with E-state index in [0.717, 1.165) is 33.3 Å². The molecule has 4 nitrogen and oxygen atoms in total. The third kappa shape index (κ3) is 4.83. The molecule has 0 fully saturated rings. The third-order valence-corrected chi connectivity index (χ3v) is 6.57. The molecule has 0 unspecified atom stereocenters. The predicted molar refractivity (Wildman–Crippen MR) is 133 cm³/mol. The summed E-state index contributed by atoms with van der Waals surface area (Å²) < 4.78 is 15.3. The number of azo groups is 1. The van der Waals surface area contributed by atoms with Gasteiger partial charge in [-0.3, -0.25) is 0 Å². The van der Waals surface area contributed by atoms with E-state index in [0.29, 0.717) is 28.3 Å². The average molecular weight is 495 g/mol. The quantitative estimate of drug-likeness (QED) is 0.218. The van der Waals surface area contributed by atoms with Crippen molar-refractivity contribution >= 4 is 50.6 Å². The van der Waals surface area contributed by atoms with E-state index in [1.807, 2.05) is 29.6 Å². The molecule has 0 saturated heterocycles. The highest BCUT2D eigenvalue weighted by Crippen LogP contribution is 2.29. The van der Waals surface area contributed by atoms with Gasteiger partial charge in [-0.05, 0) is 48.0 Å². The number of hydrogen-bond donors (Lipinski definition) is 0. The van der Waals surface area contributed by atoms with Gasteiger partial charge in [0.25, 0.3) is 0 Å². The number of halogens is 3. The molecule has 5 rings (SSSR count). The van der Waals surface area contributed by atoms with Gasteiger partial charge in [-0.15, -0.1) is 16.5 Å². The van der Waals surface area contributed by atoms with Gasteiger partial charge in [0.2, 0.25) is 5.13 Å². The minimum Gasteiger partial charge on any atom is -0.343 e. The largest absolute Gasteiger partial charge is 0.343 e. The molecule has 0 amide bonds. The minimum absolute atomic E-state index is 0.272. The summed E-state index contributed by atoms with van der Waals surface area (Å²) in [5.41, 5.74) is 4.76. The van der Waals surface area contributed by atoms with Crippen LogP contribution in [0.3, 0.4) is 0 Å². The van der Waals surface area contributed by atoms with Crippen molar-refractivity contribution in [2.75, 3.05) is 0 Å². The fraction of sp³-hybridized carbons (Fsp3) is 0.0800. The zero-order chi connectivity index (χ0) is 22.8. The molecule has 0 saturated carbocycles. The second-order valence-electron chi connectivity index (χ2n) is 7.46. The van der Waals surface area contributed by atoms with Gasteiger partial charge in [-0.25, -0.2) is 9.37 Å².